The van der Waals surface area contributed by atoms with Crippen LogP contribution in [0, 0.1) is 0 Å². The molecule has 0 radical (unpaired) electrons. The van der Waals surface area contributed by atoms with Gasteiger partial charge in [-0.05, 0) is 41.8 Å². The molecule has 1 aliphatic heterocycles. The van der Waals surface area contributed by atoms with Crippen LogP contribution in [0.5, 0.6) is 0 Å². The molecule has 3 rings (SSSR count). The zero-order valence-electron chi connectivity index (χ0n) is 15.3. The Labute approximate surface area is 163 Å². The zero-order chi connectivity index (χ0) is 19.8. The lowest BCUT2D eigenvalue weighted by Gasteiger charge is -2.26. The minimum atomic E-state index is -0.634. The molecular formula is C22H21N3O3. The van der Waals surface area contributed by atoms with Gasteiger partial charge in [0.05, 0.1) is 11.4 Å². The molecule has 0 bridgehead atoms. The summed E-state index contributed by atoms with van der Waals surface area (Å²) in [4.78, 5) is 29.8. The van der Waals surface area contributed by atoms with Gasteiger partial charge in [-0.15, -0.1) is 0 Å². The van der Waals surface area contributed by atoms with Crippen molar-refractivity contribution in [2.24, 2.45) is 0 Å². The number of carbonyl (C=O) groups excluding carboxylic acids is 2. The predicted octanol–water partition coefficient (Wildman–Crippen LogP) is 2.93. The van der Waals surface area contributed by atoms with Gasteiger partial charge in [0.25, 0.3) is 5.91 Å². The summed E-state index contributed by atoms with van der Waals surface area (Å²) < 4.78 is 0. The normalized spacial score (nSPS) is 14.3. The standard InChI is InChI=1S/C22H21N3O3/c26-21(24-28)13-11-19-9-4-10-20(23-19)12-14-22(27)25-15-5-8-18(16-25)17-6-2-1-3-7-17/h1-4,6-14,28H,5,15-16H2,(H,24,26). The van der Waals surface area contributed by atoms with Crippen molar-refractivity contribution in [1.29, 1.82) is 0 Å². The van der Waals surface area contributed by atoms with E-state index in [2.05, 4.69) is 23.2 Å². The molecule has 1 aromatic carbocycles. The second kappa shape index (κ2) is 9.43. The van der Waals surface area contributed by atoms with Crippen molar-refractivity contribution >= 4 is 29.5 Å². The number of rotatable bonds is 5. The van der Waals surface area contributed by atoms with E-state index in [0.717, 1.165) is 17.6 Å². The number of hydrogen-bond acceptors (Lipinski definition) is 4. The minimum Gasteiger partial charge on any atom is -0.335 e. The summed E-state index contributed by atoms with van der Waals surface area (Å²) in [6.07, 6.45) is 8.84. The van der Waals surface area contributed by atoms with Crippen LogP contribution in [0.4, 0.5) is 0 Å². The highest BCUT2D eigenvalue weighted by molar-refractivity contribution is 5.93. The average Bonchev–Trinajstić information content (AvgIpc) is 2.76. The van der Waals surface area contributed by atoms with Crippen LogP contribution in [0.3, 0.4) is 0 Å². The molecule has 6 nitrogen and oxygen atoms in total. The lowest BCUT2D eigenvalue weighted by molar-refractivity contribution is -0.125. The molecule has 2 heterocycles. The highest BCUT2D eigenvalue weighted by Crippen LogP contribution is 2.20. The Balaban J connectivity index is 1.65. The summed E-state index contributed by atoms with van der Waals surface area (Å²) in [5.74, 6) is -0.700. The first-order valence-electron chi connectivity index (χ1n) is 8.96. The summed E-state index contributed by atoms with van der Waals surface area (Å²) in [6, 6.07) is 15.4. The van der Waals surface area contributed by atoms with Crippen LogP contribution in [0.1, 0.15) is 23.4 Å². The number of aromatic nitrogens is 1. The molecule has 0 unspecified atom stereocenters. The molecule has 6 heteroatoms. The van der Waals surface area contributed by atoms with Crippen molar-refractivity contribution in [2.75, 3.05) is 13.1 Å². The van der Waals surface area contributed by atoms with Gasteiger partial charge in [0.1, 0.15) is 0 Å². The van der Waals surface area contributed by atoms with Crippen molar-refractivity contribution in [2.45, 2.75) is 6.42 Å². The third-order valence-electron chi connectivity index (χ3n) is 4.31. The van der Waals surface area contributed by atoms with E-state index in [1.165, 1.54) is 23.7 Å². The number of hydrogen-bond donors (Lipinski definition) is 2. The molecule has 0 saturated heterocycles. The first-order chi connectivity index (χ1) is 13.7. The quantitative estimate of drug-likeness (QED) is 0.478. The Morgan fingerprint density at radius 1 is 1.00 bits per heavy atom. The molecule has 1 aliphatic rings. The van der Waals surface area contributed by atoms with Crippen molar-refractivity contribution in [3.63, 3.8) is 0 Å². The van der Waals surface area contributed by atoms with Crippen molar-refractivity contribution in [3.05, 3.63) is 83.7 Å². The SMILES string of the molecule is O=C(C=Cc1cccc(C=CC(=O)N2CCC=C(c3ccccc3)C2)n1)NO. The Morgan fingerprint density at radius 2 is 1.71 bits per heavy atom. The molecule has 1 aromatic heterocycles. The van der Waals surface area contributed by atoms with Gasteiger partial charge in [0.15, 0.2) is 0 Å². The first kappa shape index (κ1) is 19.3. The van der Waals surface area contributed by atoms with Crippen LogP contribution in [0.2, 0.25) is 0 Å². The minimum absolute atomic E-state index is 0.0658. The Kier molecular flexibility index (Phi) is 6.49. The Morgan fingerprint density at radius 3 is 2.43 bits per heavy atom. The second-order valence-corrected chi connectivity index (χ2v) is 6.27. The fraction of sp³-hybridized carbons (Fsp3) is 0.136. The van der Waals surface area contributed by atoms with Crippen LogP contribution in [0.25, 0.3) is 17.7 Å². The number of amides is 2. The van der Waals surface area contributed by atoms with Crippen molar-refractivity contribution in [1.82, 2.24) is 15.4 Å². The summed E-state index contributed by atoms with van der Waals surface area (Å²) in [5.41, 5.74) is 4.96. The van der Waals surface area contributed by atoms with E-state index < -0.39 is 5.91 Å². The monoisotopic (exact) mass is 375 g/mol. The number of nitrogens with zero attached hydrogens (tertiary/aromatic N) is 2. The van der Waals surface area contributed by atoms with Crippen molar-refractivity contribution in [3.8, 4) is 0 Å². The topological polar surface area (TPSA) is 82.5 Å². The summed E-state index contributed by atoms with van der Waals surface area (Å²) in [6.45, 7) is 1.27. The molecular weight excluding hydrogens is 354 g/mol. The van der Waals surface area contributed by atoms with E-state index >= 15 is 0 Å². The van der Waals surface area contributed by atoms with E-state index in [4.69, 9.17) is 5.21 Å². The largest absolute Gasteiger partial charge is 0.335 e. The lowest BCUT2D eigenvalue weighted by Crippen LogP contribution is -2.34. The van der Waals surface area contributed by atoms with Gasteiger partial charge >= 0.3 is 0 Å². The van der Waals surface area contributed by atoms with Gasteiger partial charge in [0, 0.05) is 25.2 Å². The fourth-order valence-electron chi connectivity index (χ4n) is 2.91. The number of hydroxylamine groups is 1. The van der Waals surface area contributed by atoms with Gasteiger partial charge in [-0.25, -0.2) is 10.5 Å². The van der Waals surface area contributed by atoms with Crippen LogP contribution in [-0.4, -0.2) is 40.0 Å². The van der Waals surface area contributed by atoms with Gasteiger partial charge in [0.2, 0.25) is 5.91 Å². The van der Waals surface area contributed by atoms with Crippen LogP contribution < -0.4 is 5.48 Å². The Hall–Kier alpha value is -3.51. The van der Waals surface area contributed by atoms with Crippen LogP contribution in [-0.2, 0) is 9.59 Å². The van der Waals surface area contributed by atoms with E-state index in [1.54, 1.807) is 24.3 Å². The number of pyridine rings is 1. The van der Waals surface area contributed by atoms with Gasteiger partial charge < -0.3 is 4.90 Å². The van der Waals surface area contributed by atoms with Gasteiger partial charge in [-0.3, -0.25) is 14.8 Å². The number of nitrogens with one attached hydrogen (secondary N) is 1. The smallest absolute Gasteiger partial charge is 0.267 e. The van der Waals surface area contributed by atoms with Gasteiger partial charge in [-0.2, -0.15) is 0 Å². The number of carbonyl (C=O) groups is 2. The fourth-order valence-corrected chi connectivity index (χ4v) is 2.91. The third-order valence-corrected chi connectivity index (χ3v) is 4.31. The first-order valence-corrected chi connectivity index (χ1v) is 8.96. The second-order valence-electron chi connectivity index (χ2n) is 6.27. The third kappa shape index (κ3) is 5.25. The molecule has 0 saturated carbocycles. The van der Waals surface area contributed by atoms with E-state index in [1.807, 2.05) is 23.1 Å². The molecule has 2 amide bonds. The molecule has 2 aromatic rings. The van der Waals surface area contributed by atoms with Crippen molar-refractivity contribution < 1.29 is 14.8 Å². The van der Waals surface area contributed by atoms with Crippen LogP contribution >= 0.6 is 0 Å². The highest BCUT2D eigenvalue weighted by Gasteiger charge is 2.17. The maximum atomic E-state index is 12.6. The molecule has 142 valence electrons. The highest BCUT2D eigenvalue weighted by atomic mass is 16.5. The zero-order valence-corrected chi connectivity index (χ0v) is 15.3. The molecule has 0 spiro atoms. The lowest BCUT2D eigenvalue weighted by atomic mass is 10.0. The van der Waals surface area contributed by atoms with Crippen LogP contribution in [0.15, 0.2) is 66.8 Å². The predicted molar refractivity (Wildman–Crippen MR) is 108 cm³/mol. The maximum Gasteiger partial charge on any atom is 0.267 e. The average molecular weight is 375 g/mol. The molecule has 2 N–H and O–H groups in total. The molecule has 0 fully saturated rings. The number of benzene rings is 1. The van der Waals surface area contributed by atoms with Gasteiger partial charge in [-0.1, -0.05) is 42.5 Å². The maximum absolute atomic E-state index is 12.6. The summed E-state index contributed by atoms with van der Waals surface area (Å²) >= 11 is 0. The van der Waals surface area contributed by atoms with E-state index in [-0.39, 0.29) is 5.91 Å². The van der Waals surface area contributed by atoms with E-state index in [0.29, 0.717) is 24.5 Å². The summed E-state index contributed by atoms with van der Waals surface area (Å²) in [7, 11) is 0. The molecule has 0 atom stereocenters. The Bertz CT molecular complexity index is 933. The van der Waals surface area contributed by atoms with E-state index in [9.17, 15) is 9.59 Å². The molecule has 28 heavy (non-hydrogen) atoms. The molecule has 0 aliphatic carbocycles. The summed E-state index contributed by atoms with van der Waals surface area (Å²) in [5, 5.41) is 8.50.